The van der Waals surface area contributed by atoms with Crippen LogP contribution in [-0.4, -0.2) is 17.1 Å². The van der Waals surface area contributed by atoms with Crippen molar-refractivity contribution in [2.75, 3.05) is 7.11 Å². The normalized spacial score (nSPS) is 11.8. The van der Waals surface area contributed by atoms with Gasteiger partial charge in [-0.3, -0.25) is 4.79 Å². The van der Waals surface area contributed by atoms with E-state index in [4.69, 9.17) is 4.74 Å². The second-order valence-corrected chi connectivity index (χ2v) is 5.12. The van der Waals surface area contributed by atoms with Crippen molar-refractivity contribution in [1.29, 1.82) is 0 Å². The van der Waals surface area contributed by atoms with Gasteiger partial charge in [-0.2, -0.15) is 0 Å². The number of methoxy groups -OCH3 is 1. The first-order valence-corrected chi connectivity index (χ1v) is 7.18. The van der Waals surface area contributed by atoms with Crippen molar-refractivity contribution in [2.45, 2.75) is 52.1 Å². The molecule has 0 atom stereocenters. The molecule has 0 aromatic carbocycles. The third kappa shape index (κ3) is 2.83. The van der Waals surface area contributed by atoms with E-state index in [-0.39, 0.29) is 5.56 Å². The number of H-pyrrole nitrogens is 1. The van der Waals surface area contributed by atoms with Crippen molar-refractivity contribution in [3.05, 3.63) is 26.3 Å². The van der Waals surface area contributed by atoms with Gasteiger partial charge in [0, 0.05) is 7.11 Å². The molecule has 1 rings (SSSR count). The van der Waals surface area contributed by atoms with Crippen molar-refractivity contribution >= 4 is 15.9 Å². The minimum absolute atomic E-state index is 0.133. The highest BCUT2D eigenvalue weighted by atomic mass is 79.9. The fraction of sp³-hybridized carbons (Fsp3) is 0.692. The molecule has 0 amide bonds. The van der Waals surface area contributed by atoms with Crippen LogP contribution >= 0.6 is 15.9 Å². The van der Waals surface area contributed by atoms with E-state index < -0.39 is 5.60 Å². The third-order valence-electron chi connectivity index (χ3n) is 3.38. The zero-order valence-electron chi connectivity index (χ0n) is 11.5. The zero-order valence-corrected chi connectivity index (χ0v) is 13.1. The van der Waals surface area contributed by atoms with E-state index in [1.165, 1.54) is 0 Å². The summed E-state index contributed by atoms with van der Waals surface area (Å²) < 4.78 is 6.14. The number of aromatic nitrogens is 2. The van der Waals surface area contributed by atoms with Gasteiger partial charge in [0.25, 0.3) is 5.56 Å². The Hall–Kier alpha value is -0.680. The van der Waals surface area contributed by atoms with E-state index in [2.05, 4.69) is 32.8 Å². The molecule has 4 nitrogen and oxygen atoms in total. The first kappa shape index (κ1) is 15.4. The maximum atomic E-state index is 11.9. The lowest BCUT2D eigenvalue weighted by Gasteiger charge is -2.29. The van der Waals surface area contributed by atoms with Crippen LogP contribution in [0.1, 0.15) is 51.6 Å². The van der Waals surface area contributed by atoms with E-state index in [1.54, 1.807) is 7.11 Å². The number of aromatic amines is 1. The quantitative estimate of drug-likeness (QED) is 0.877. The van der Waals surface area contributed by atoms with Crippen LogP contribution in [0.25, 0.3) is 0 Å². The summed E-state index contributed by atoms with van der Waals surface area (Å²) in [6.07, 6.45) is 3.28. The summed E-state index contributed by atoms with van der Waals surface area (Å²) in [6.45, 7) is 6.14. The lowest BCUT2D eigenvalue weighted by molar-refractivity contribution is -0.0295. The number of nitrogens with zero attached hydrogens (tertiary/aromatic N) is 1. The highest BCUT2D eigenvalue weighted by Gasteiger charge is 2.31. The standard InChI is InChI=1S/C13H21BrN2O2/c1-5-8-9-10(14)11(17)16-12(15-9)13(6-2,7-3)18-4/h5-8H2,1-4H3,(H,15,16,17). The Bertz CT molecular complexity index is 445. The Morgan fingerprint density at radius 3 is 2.39 bits per heavy atom. The Morgan fingerprint density at radius 1 is 1.33 bits per heavy atom. The zero-order chi connectivity index (χ0) is 13.8. The van der Waals surface area contributed by atoms with E-state index in [0.29, 0.717) is 10.3 Å². The van der Waals surface area contributed by atoms with Crippen molar-refractivity contribution < 1.29 is 4.74 Å². The molecule has 1 N–H and O–H groups in total. The molecule has 0 unspecified atom stereocenters. The van der Waals surface area contributed by atoms with Crippen LogP contribution in [0, 0.1) is 0 Å². The van der Waals surface area contributed by atoms with E-state index in [9.17, 15) is 4.79 Å². The Labute approximate surface area is 116 Å². The summed E-state index contributed by atoms with van der Waals surface area (Å²) in [4.78, 5) is 19.3. The van der Waals surface area contributed by atoms with Crippen LogP contribution in [0.3, 0.4) is 0 Å². The Balaban J connectivity index is 3.37. The smallest absolute Gasteiger partial charge is 0.265 e. The molecule has 0 spiro atoms. The number of hydrogen-bond acceptors (Lipinski definition) is 3. The third-order valence-corrected chi connectivity index (χ3v) is 4.20. The summed E-state index contributed by atoms with van der Waals surface area (Å²) in [5.41, 5.74) is 0.175. The topological polar surface area (TPSA) is 55.0 Å². The van der Waals surface area contributed by atoms with Gasteiger partial charge in [0.1, 0.15) is 15.9 Å². The van der Waals surface area contributed by atoms with Crippen LogP contribution in [0.5, 0.6) is 0 Å². The molecule has 1 aromatic rings. The SMILES string of the molecule is CCCc1nc(C(CC)(CC)OC)[nH]c(=O)c1Br. The average Bonchev–Trinajstić information content (AvgIpc) is 2.38. The van der Waals surface area contributed by atoms with Gasteiger partial charge in [-0.05, 0) is 35.2 Å². The Kier molecular flexibility index (Phi) is 5.53. The molecule has 0 aliphatic heterocycles. The van der Waals surface area contributed by atoms with Crippen molar-refractivity contribution in [3.8, 4) is 0 Å². The molecule has 5 heteroatoms. The fourth-order valence-electron chi connectivity index (χ4n) is 2.09. The van der Waals surface area contributed by atoms with Gasteiger partial charge >= 0.3 is 0 Å². The van der Waals surface area contributed by atoms with E-state index >= 15 is 0 Å². The van der Waals surface area contributed by atoms with Gasteiger partial charge in [0.2, 0.25) is 0 Å². The molecule has 0 saturated carbocycles. The second-order valence-electron chi connectivity index (χ2n) is 4.33. The van der Waals surface area contributed by atoms with Gasteiger partial charge in [-0.15, -0.1) is 0 Å². The van der Waals surface area contributed by atoms with Crippen LogP contribution in [0.15, 0.2) is 9.27 Å². The van der Waals surface area contributed by atoms with Gasteiger partial charge in [0.15, 0.2) is 0 Å². The second kappa shape index (κ2) is 6.48. The highest BCUT2D eigenvalue weighted by Crippen LogP contribution is 2.29. The van der Waals surface area contributed by atoms with Crippen LogP contribution in [0.4, 0.5) is 0 Å². The lowest BCUT2D eigenvalue weighted by Crippen LogP contribution is -2.32. The number of aryl methyl sites for hydroxylation is 1. The van der Waals surface area contributed by atoms with Crippen LogP contribution in [0.2, 0.25) is 0 Å². The molecule has 0 bridgehead atoms. The van der Waals surface area contributed by atoms with E-state index in [1.807, 2.05) is 13.8 Å². The van der Waals surface area contributed by atoms with Gasteiger partial charge in [-0.1, -0.05) is 27.2 Å². The summed E-state index contributed by atoms with van der Waals surface area (Å²) in [5, 5.41) is 0. The first-order chi connectivity index (χ1) is 8.54. The van der Waals surface area contributed by atoms with Crippen molar-refractivity contribution in [2.24, 2.45) is 0 Å². The van der Waals surface area contributed by atoms with Crippen molar-refractivity contribution in [3.63, 3.8) is 0 Å². The predicted octanol–water partition coefficient (Wildman–Crippen LogP) is 3.15. The summed E-state index contributed by atoms with van der Waals surface area (Å²) in [5.74, 6) is 0.631. The molecule has 102 valence electrons. The summed E-state index contributed by atoms with van der Waals surface area (Å²) in [6, 6.07) is 0. The van der Waals surface area contributed by atoms with Gasteiger partial charge in [-0.25, -0.2) is 4.98 Å². The van der Waals surface area contributed by atoms with Crippen molar-refractivity contribution in [1.82, 2.24) is 9.97 Å². The molecular formula is C13H21BrN2O2. The molecule has 0 saturated heterocycles. The molecule has 0 radical (unpaired) electrons. The minimum atomic E-state index is -0.498. The summed E-state index contributed by atoms with van der Waals surface area (Å²) in [7, 11) is 1.66. The first-order valence-electron chi connectivity index (χ1n) is 6.38. The number of rotatable bonds is 6. The van der Waals surface area contributed by atoms with Crippen LogP contribution < -0.4 is 5.56 Å². The van der Waals surface area contributed by atoms with E-state index in [0.717, 1.165) is 31.4 Å². The Morgan fingerprint density at radius 2 is 1.94 bits per heavy atom. The number of nitrogens with one attached hydrogen (secondary N) is 1. The maximum absolute atomic E-state index is 11.9. The molecule has 0 aliphatic carbocycles. The number of halogens is 1. The van der Waals surface area contributed by atoms with Gasteiger partial charge in [0.05, 0.1) is 5.69 Å². The van der Waals surface area contributed by atoms with Crippen LogP contribution in [-0.2, 0) is 16.8 Å². The number of hydrogen-bond donors (Lipinski definition) is 1. The number of ether oxygens (including phenoxy) is 1. The molecular weight excluding hydrogens is 296 g/mol. The lowest BCUT2D eigenvalue weighted by atomic mass is 9.96. The minimum Gasteiger partial charge on any atom is -0.370 e. The molecule has 1 heterocycles. The highest BCUT2D eigenvalue weighted by molar-refractivity contribution is 9.10. The maximum Gasteiger partial charge on any atom is 0.265 e. The summed E-state index contributed by atoms with van der Waals surface area (Å²) >= 11 is 3.30. The monoisotopic (exact) mass is 316 g/mol. The molecule has 18 heavy (non-hydrogen) atoms. The molecule has 0 aliphatic rings. The van der Waals surface area contributed by atoms with Gasteiger partial charge < -0.3 is 9.72 Å². The average molecular weight is 317 g/mol. The predicted molar refractivity (Wildman–Crippen MR) is 75.8 cm³/mol. The molecule has 0 fully saturated rings. The largest absolute Gasteiger partial charge is 0.370 e. The fourth-order valence-corrected chi connectivity index (χ4v) is 2.48. The molecule has 1 aromatic heterocycles.